The van der Waals surface area contributed by atoms with Gasteiger partial charge < -0.3 is 4.98 Å². The summed E-state index contributed by atoms with van der Waals surface area (Å²) in [6, 6.07) is 0. The minimum Gasteiger partial charge on any atom is -0.332 e. The van der Waals surface area contributed by atoms with Gasteiger partial charge in [-0.1, -0.05) is 42.6 Å². The van der Waals surface area contributed by atoms with Crippen LogP contribution in [0.2, 0.25) is 0 Å². The summed E-state index contributed by atoms with van der Waals surface area (Å²) in [4.78, 5) is 6.94. The van der Waals surface area contributed by atoms with Crippen LogP contribution in [0.5, 0.6) is 0 Å². The highest BCUT2D eigenvalue weighted by atomic mass is 79.9. The molecule has 20 heavy (non-hydrogen) atoms. The minimum absolute atomic E-state index is 0.160. The van der Waals surface area contributed by atoms with Crippen molar-refractivity contribution in [1.82, 2.24) is 14.7 Å². The molecule has 7 heteroatoms. The summed E-state index contributed by atoms with van der Waals surface area (Å²) in [5.74, 6) is 1.23. The van der Waals surface area contributed by atoms with Crippen molar-refractivity contribution in [2.24, 2.45) is 5.92 Å². The highest BCUT2D eigenvalue weighted by molar-refractivity contribution is 9.09. The fourth-order valence-electron chi connectivity index (χ4n) is 2.90. The molecule has 0 spiro atoms. The lowest BCUT2D eigenvalue weighted by Gasteiger charge is -2.39. The van der Waals surface area contributed by atoms with Crippen LogP contribution in [0.1, 0.15) is 45.4 Å². The second-order valence-corrected chi connectivity index (χ2v) is 7.98. The van der Waals surface area contributed by atoms with Gasteiger partial charge >= 0.3 is 0 Å². The summed E-state index contributed by atoms with van der Waals surface area (Å²) in [5.41, 5.74) is -0.381. The van der Waals surface area contributed by atoms with Gasteiger partial charge in [0.25, 0.3) is 10.0 Å². The summed E-state index contributed by atoms with van der Waals surface area (Å²) < 4.78 is 27.9. The summed E-state index contributed by atoms with van der Waals surface area (Å²) in [5, 5.41) is 0.797. The van der Waals surface area contributed by atoms with Gasteiger partial charge in [0.05, 0.1) is 6.20 Å². The Morgan fingerprint density at radius 1 is 1.60 bits per heavy atom. The van der Waals surface area contributed by atoms with Gasteiger partial charge in [-0.3, -0.25) is 0 Å². The molecule has 0 aliphatic heterocycles. The number of imidazole rings is 1. The first-order valence-electron chi connectivity index (χ1n) is 7.04. The predicted octanol–water partition coefficient (Wildman–Crippen LogP) is 2.59. The SMILES string of the molecule is CCc1ncc(S(=O)(=O)NC2(CBr)CCCC(C)C2)[nH]1. The zero-order chi connectivity index (χ0) is 14.8. The lowest BCUT2D eigenvalue weighted by Crippen LogP contribution is -2.52. The molecule has 0 aromatic carbocycles. The number of aryl methyl sites for hydroxylation is 1. The molecule has 2 rings (SSSR count). The molecule has 0 amide bonds. The van der Waals surface area contributed by atoms with E-state index in [4.69, 9.17) is 0 Å². The molecule has 2 N–H and O–H groups in total. The van der Waals surface area contributed by atoms with E-state index < -0.39 is 10.0 Å². The zero-order valence-corrected chi connectivity index (χ0v) is 14.3. The van der Waals surface area contributed by atoms with Gasteiger partial charge in [0.2, 0.25) is 0 Å². The average Bonchev–Trinajstić information content (AvgIpc) is 2.88. The maximum absolute atomic E-state index is 12.5. The van der Waals surface area contributed by atoms with Crippen molar-refractivity contribution < 1.29 is 8.42 Å². The highest BCUT2D eigenvalue weighted by Crippen LogP contribution is 2.34. The molecule has 1 fully saturated rings. The molecule has 114 valence electrons. The van der Waals surface area contributed by atoms with Crippen LogP contribution < -0.4 is 4.72 Å². The zero-order valence-electron chi connectivity index (χ0n) is 11.9. The Balaban J connectivity index is 2.21. The van der Waals surface area contributed by atoms with Crippen molar-refractivity contribution in [3.63, 3.8) is 0 Å². The molecular formula is C13H22BrN3O2S. The summed E-state index contributed by atoms with van der Waals surface area (Å²) >= 11 is 3.49. The van der Waals surface area contributed by atoms with Crippen LogP contribution in [0.3, 0.4) is 0 Å². The van der Waals surface area contributed by atoms with Gasteiger partial charge in [0, 0.05) is 17.3 Å². The lowest BCUT2D eigenvalue weighted by atomic mass is 9.78. The van der Waals surface area contributed by atoms with E-state index in [1.165, 1.54) is 12.6 Å². The Kier molecular flexibility index (Phi) is 4.92. The maximum Gasteiger partial charge on any atom is 0.258 e. The number of halogens is 1. The van der Waals surface area contributed by atoms with Crippen LogP contribution in [0.15, 0.2) is 11.2 Å². The predicted molar refractivity (Wildman–Crippen MR) is 82.4 cm³/mol. The third kappa shape index (κ3) is 3.43. The Labute approximate surface area is 129 Å². The van der Waals surface area contributed by atoms with E-state index in [0.717, 1.165) is 19.3 Å². The van der Waals surface area contributed by atoms with Crippen LogP contribution in [-0.2, 0) is 16.4 Å². The summed E-state index contributed by atoms with van der Waals surface area (Å²) in [7, 11) is -3.54. The molecule has 1 aromatic heterocycles. The topological polar surface area (TPSA) is 74.8 Å². The van der Waals surface area contributed by atoms with Crippen LogP contribution in [0, 0.1) is 5.92 Å². The van der Waals surface area contributed by atoms with Crippen molar-refractivity contribution in [2.45, 2.75) is 56.5 Å². The molecular weight excluding hydrogens is 342 g/mol. The molecule has 2 atom stereocenters. The molecule has 1 aliphatic carbocycles. The van der Waals surface area contributed by atoms with Crippen molar-refractivity contribution in [3.05, 3.63) is 12.0 Å². The quantitative estimate of drug-likeness (QED) is 0.789. The van der Waals surface area contributed by atoms with Crippen molar-refractivity contribution in [1.29, 1.82) is 0 Å². The van der Waals surface area contributed by atoms with Gasteiger partial charge in [-0.05, 0) is 18.8 Å². The molecule has 1 heterocycles. The number of rotatable bonds is 5. The molecule has 0 radical (unpaired) electrons. The minimum atomic E-state index is -3.54. The molecule has 1 saturated carbocycles. The van der Waals surface area contributed by atoms with E-state index in [1.807, 2.05) is 6.92 Å². The number of aromatic nitrogens is 2. The first-order valence-corrected chi connectivity index (χ1v) is 9.65. The fourth-order valence-corrected chi connectivity index (χ4v) is 5.12. The number of nitrogens with zero attached hydrogens (tertiary/aromatic N) is 1. The Morgan fingerprint density at radius 3 is 2.90 bits per heavy atom. The number of H-pyrrole nitrogens is 1. The van der Waals surface area contributed by atoms with E-state index in [1.54, 1.807) is 0 Å². The van der Waals surface area contributed by atoms with Crippen molar-refractivity contribution in [2.75, 3.05) is 5.33 Å². The highest BCUT2D eigenvalue weighted by Gasteiger charge is 2.38. The normalized spacial score (nSPS) is 27.6. The van der Waals surface area contributed by atoms with E-state index in [9.17, 15) is 8.42 Å². The number of aromatic amines is 1. The number of nitrogens with one attached hydrogen (secondary N) is 2. The van der Waals surface area contributed by atoms with Gasteiger partial charge in [0.15, 0.2) is 5.03 Å². The van der Waals surface area contributed by atoms with Gasteiger partial charge in [0.1, 0.15) is 5.82 Å². The molecule has 2 unspecified atom stereocenters. The first-order chi connectivity index (χ1) is 9.41. The third-order valence-corrected chi connectivity index (χ3v) is 6.49. The Morgan fingerprint density at radius 2 is 2.35 bits per heavy atom. The van der Waals surface area contributed by atoms with E-state index in [0.29, 0.717) is 23.5 Å². The monoisotopic (exact) mass is 363 g/mol. The van der Waals surface area contributed by atoms with E-state index in [-0.39, 0.29) is 10.6 Å². The van der Waals surface area contributed by atoms with Crippen LogP contribution in [0.25, 0.3) is 0 Å². The number of hydrogen-bond donors (Lipinski definition) is 2. The second-order valence-electron chi connectivity index (χ2n) is 5.77. The molecule has 0 bridgehead atoms. The lowest BCUT2D eigenvalue weighted by molar-refractivity contribution is 0.241. The first kappa shape index (κ1) is 16.0. The standard InChI is InChI=1S/C13H22BrN3O2S/c1-3-11-15-8-12(16-11)20(18,19)17-13(9-14)6-4-5-10(2)7-13/h8,10,17H,3-7,9H2,1-2H3,(H,15,16). The second kappa shape index (κ2) is 6.15. The fraction of sp³-hybridized carbons (Fsp3) is 0.769. The van der Waals surface area contributed by atoms with E-state index in [2.05, 4.69) is 37.5 Å². The molecule has 1 aliphatic rings. The largest absolute Gasteiger partial charge is 0.332 e. The number of sulfonamides is 1. The van der Waals surface area contributed by atoms with Crippen LogP contribution in [0.4, 0.5) is 0 Å². The number of alkyl halides is 1. The summed E-state index contributed by atoms with van der Waals surface area (Å²) in [6.07, 6.45) is 6.05. The van der Waals surface area contributed by atoms with E-state index >= 15 is 0 Å². The molecule has 1 aromatic rings. The maximum atomic E-state index is 12.5. The van der Waals surface area contributed by atoms with Crippen LogP contribution in [-0.4, -0.2) is 29.3 Å². The smallest absolute Gasteiger partial charge is 0.258 e. The van der Waals surface area contributed by atoms with Gasteiger partial charge in [-0.2, -0.15) is 0 Å². The summed E-state index contributed by atoms with van der Waals surface area (Å²) in [6.45, 7) is 4.11. The molecule has 0 saturated heterocycles. The van der Waals surface area contributed by atoms with Crippen molar-refractivity contribution >= 4 is 26.0 Å². The van der Waals surface area contributed by atoms with Gasteiger partial charge in [-0.15, -0.1) is 0 Å². The Bertz CT molecular complexity index is 558. The molecule has 5 nitrogen and oxygen atoms in total. The van der Waals surface area contributed by atoms with Gasteiger partial charge in [-0.25, -0.2) is 18.1 Å². The van der Waals surface area contributed by atoms with Crippen molar-refractivity contribution in [3.8, 4) is 0 Å². The Hall–Kier alpha value is -0.400. The third-order valence-electron chi connectivity index (χ3n) is 3.93. The van der Waals surface area contributed by atoms with Crippen LogP contribution >= 0.6 is 15.9 Å². The number of hydrogen-bond acceptors (Lipinski definition) is 3. The average molecular weight is 364 g/mol.